The monoisotopic (exact) mass is 210 g/mol. The molecule has 0 saturated carbocycles. The molecule has 0 saturated heterocycles. The summed E-state index contributed by atoms with van der Waals surface area (Å²) in [5.41, 5.74) is 1.12. The van der Waals surface area contributed by atoms with Crippen LogP contribution < -0.4 is 4.74 Å². The molecular formula is C10H11ClN2O. The third-order valence-corrected chi connectivity index (χ3v) is 2.32. The van der Waals surface area contributed by atoms with E-state index in [9.17, 15) is 0 Å². The normalized spacial score (nSPS) is 10.0. The Labute approximate surface area is 88.3 Å². The van der Waals surface area contributed by atoms with E-state index in [1.807, 2.05) is 19.9 Å². The Hall–Kier alpha value is -1.27. The maximum atomic E-state index is 8.75. The molecule has 0 aromatic carbocycles. The van der Waals surface area contributed by atoms with Crippen molar-refractivity contribution >= 4 is 11.6 Å². The molecule has 1 aromatic heterocycles. The number of rotatable bonds is 2. The van der Waals surface area contributed by atoms with Crippen molar-refractivity contribution in [2.75, 3.05) is 7.11 Å². The lowest BCUT2D eigenvalue weighted by Crippen LogP contribution is -1.98. The van der Waals surface area contributed by atoms with Gasteiger partial charge in [0.25, 0.3) is 0 Å². The minimum absolute atomic E-state index is 0.224. The first kappa shape index (κ1) is 10.8. The van der Waals surface area contributed by atoms with Crippen LogP contribution in [0.15, 0.2) is 6.20 Å². The first-order chi connectivity index (χ1) is 6.61. The Balaban J connectivity index is 3.37. The number of aromatic nitrogens is 1. The fourth-order valence-electron chi connectivity index (χ4n) is 1.15. The van der Waals surface area contributed by atoms with Gasteiger partial charge in [0.2, 0.25) is 0 Å². The van der Waals surface area contributed by atoms with Gasteiger partial charge in [-0.15, -0.1) is 0 Å². The average molecular weight is 211 g/mol. The maximum absolute atomic E-state index is 8.75. The van der Waals surface area contributed by atoms with E-state index >= 15 is 0 Å². The maximum Gasteiger partial charge on any atom is 0.184 e. The largest absolute Gasteiger partial charge is 0.492 e. The van der Waals surface area contributed by atoms with Crippen LogP contribution in [0.3, 0.4) is 0 Å². The molecule has 1 aromatic rings. The van der Waals surface area contributed by atoms with Crippen LogP contribution >= 0.6 is 11.6 Å². The third kappa shape index (κ3) is 1.80. The molecule has 1 rings (SSSR count). The van der Waals surface area contributed by atoms with E-state index in [1.165, 1.54) is 7.11 Å². The SMILES string of the molecule is COc1c(C#N)ncc(C(C)C)c1Cl. The van der Waals surface area contributed by atoms with E-state index < -0.39 is 0 Å². The Morgan fingerprint density at radius 2 is 2.21 bits per heavy atom. The van der Waals surface area contributed by atoms with Crippen LogP contribution in [0.1, 0.15) is 31.0 Å². The molecular weight excluding hydrogens is 200 g/mol. The van der Waals surface area contributed by atoms with Crippen LogP contribution in [0.5, 0.6) is 5.75 Å². The Morgan fingerprint density at radius 3 is 2.64 bits per heavy atom. The van der Waals surface area contributed by atoms with Crippen LogP contribution in [-0.2, 0) is 0 Å². The van der Waals surface area contributed by atoms with Crippen molar-refractivity contribution in [1.82, 2.24) is 4.98 Å². The molecule has 0 aliphatic heterocycles. The number of methoxy groups -OCH3 is 1. The summed E-state index contributed by atoms with van der Waals surface area (Å²) in [5, 5.41) is 9.23. The van der Waals surface area contributed by atoms with Crippen molar-refractivity contribution in [3.8, 4) is 11.8 Å². The first-order valence-corrected chi connectivity index (χ1v) is 4.62. The van der Waals surface area contributed by atoms with Crippen LogP contribution in [0.2, 0.25) is 5.02 Å². The summed E-state index contributed by atoms with van der Waals surface area (Å²) >= 11 is 6.07. The topological polar surface area (TPSA) is 45.9 Å². The summed E-state index contributed by atoms with van der Waals surface area (Å²) in [5.74, 6) is 0.622. The van der Waals surface area contributed by atoms with E-state index in [2.05, 4.69) is 4.98 Å². The predicted molar refractivity (Wildman–Crippen MR) is 54.6 cm³/mol. The van der Waals surface area contributed by atoms with Crippen molar-refractivity contribution in [3.05, 3.63) is 22.5 Å². The predicted octanol–water partition coefficient (Wildman–Crippen LogP) is 2.74. The fourth-order valence-corrected chi connectivity index (χ4v) is 1.59. The molecule has 4 heteroatoms. The lowest BCUT2D eigenvalue weighted by atomic mass is 10.1. The highest BCUT2D eigenvalue weighted by molar-refractivity contribution is 6.33. The van der Waals surface area contributed by atoms with Gasteiger partial charge in [0.15, 0.2) is 11.4 Å². The molecule has 0 amide bonds. The molecule has 0 N–H and O–H groups in total. The number of hydrogen-bond acceptors (Lipinski definition) is 3. The van der Waals surface area contributed by atoms with E-state index in [0.29, 0.717) is 10.8 Å². The number of halogens is 1. The number of nitrogens with zero attached hydrogens (tertiary/aromatic N) is 2. The van der Waals surface area contributed by atoms with Crippen molar-refractivity contribution in [1.29, 1.82) is 5.26 Å². The van der Waals surface area contributed by atoms with Gasteiger partial charge in [-0.25, -0.2) is 4.98 Å². The Kier molecular flexibility index (Phi) is 3.32. The van der Waals surface area contributed by atoms with Gasteiger partial charge in [-0.2, -0.15) is 5.26 Å². The Morgan fingerprint density at radius 1 is 1.57 bits per heavy atom. The summed E-state index contributed by atoms with van der Waals surface area (Å²) in [4.78, 5) is 3.98. The van der Waals surface area contributed by atoms with Crippen LogP contribution in [0.25, 0.3) is 0 Å². The second-order valence-electron chi connectivity index (χ2n) is 3.18. The van der Waals surface area contributed by atoms with E-state index in [1.54, 1.807) is 6.20 Å². The standard InChI is InChI=1S/C10H11ClN2O/c1-6(2)7-5-13-8(4-12)10(14-3)9(7)11/h5-6H,1-3H3. The molecule has 3 nitrogen and oxygen atoms in total. The third-order valence-electron chi connectivity index (χ3n) is 1.93. The Bertz CT molecular complexity index is 382. The summed E-state index contributed by atoms with van der Waals surface area (Å²) < 4.78 is 5.04. The van der Waals surface area contributed by atoms with Crippen LogP contribution in [0, 0.1) is 11.3 Å². The van der Waals surface area contributed by atoms with E-state index in [0.717, 1.165) is 5.56 Å². The lowest BCUT2D eigenvalue weighted by Gasteiger charge is -2.11. The highest BCUT2D eigenvalue weighted by atomic mass is 35.5. The van der Waals surface area contributed by atoms with Gasteiger partial charge in [0.1, 0.15) is 6.07 Å². The number of pyridine rings is 1. The fraction of sp³-hybridized carbons (Fsp3) is 0.400. The number of ether oxygens (including phenoxy) is 1. The minimum atomic E-state index is 0.224. The molecule has 0 aliphatic rings. The molecule has 0 spiro atoms. The van der Waals surface area contributed by atoms with Gasteiger partial charge < -0.3 is 4.74 Å². The minimum Gasteiger partial charge on any atom is -0.492 e. The van der Waals surface area contributed by atoms with Gasteiger partial charge in [-0.1, -0.05) is 25.4 Å². The van der Waals surface area contributed by atoms with Gasteiger partial charge in [0.05, 0.1) is 12.1 Å². The summed E-state index contributed by atoms with van der Waals surface area (Å²) in [7, 11) is 1.48. The quantitative estimate of drug-likeness (QED) is 0.754. The molecule has 74 valence electrons. The zero-order valence-corrected chi connectivity index (χ0v) is 9.09. The molecule has 0 aliphatic carbocycles. The highest BCUT2D eigenvalue weighted by Crippen LogP contribution is 2.33. The van der Waals surface area contributed by atoms with Gasteiger partial charge in [-0.3, -0.25) is 0 Å². The van der Waals surface area contributed by atoms with Crippen molar-refractivity contribution in [2.24, 2.45) is 0 Å². The summed E-state index contributed by atoms with van der Waals surface area (Å²) in [6, 6.07) is 1.93. The second-order valence-corrected chi connectivity index (χ2v) is 3.55. The molecule has 14 heavy (non-hydrogen) atoms. The molecule has 1 heterocycles. The average Bonchev–Trinajstić information content (AvgIpc) is 2.16. The van der Waals surface area contributed by atoms with Gasteiger partial charge in [0, 0.05) is 6.20 Å². The van der Waals surface area contributed by atoms with Crippen molar-refractivity contribution in [3.63, 3.8) is 0 Å². The molecule has 0 unspecified atom stereocenters. The van der Waals surface area contributed by atoms with Crippen molar-refractivity contribution in [2.45, 2.75) is 19.8 Å². The first-order valence-electron chi connectivity index (χ1n) is 4.24. The molecule has 0 radical (unpaired) electrons. The smallest absolute Gasteiger partial charge is 0.184 e. The number of hydrogen-bond donors (Lipinski definition) is 0. The van der Waals surface area contributed by atoms with Gasteiger partial charge >= 0.3 is 0 Å². The summed E-state index contributed by atoms with van der Waals surface area (Å²) in [6.07, 6.45) is 1.62. The van der Waals surface area contributed by atoms with E-state index in [-0.39, 0.29) is 11.6 Å². The van der Waals surface area contributed by atoms with Crippen LogP contribution in [-0.4, -0.2) is 12.1 Å². The zero-order valence-electron chi connectivity index (χ0n) is 8.34. The molecule has 0 fully saturated rings. The second kappa shape index (κ2) is 4.30. The van der Waals surface area contributed by atoms with Crippen LogP contribution in [0.4, 0.5) is 0 Å². The zero-order chi connectivity index (χ0) is 10.7. The molecule has 0 atom stereocenters. The number of nitriles is 1. The summed E-state index contributed by atoms with van der Waals surface area (Å²) in [6.45, 7) is 4.02. The van der Waals surface area contributed by atoms with E-state index in [4.69, 9.17) is 21.6 Å². The van der Waals surface area contributed by atoms with Crippen molar-refractivity contribution < 1.29 is 4.74 Å². The van der Waals surface area contributed by atoms with Gasteiger partial charge in [-0.05, 0) is 11.5 Å². The lowest BCUT2D eigenvalue weighted by molar-refractivity contribution is 0.410. The highest BCUT2D eigenvalue weighted by Gasteiger charge is 2.15. The molecule has 0 bridgehead atoms.